The monoisotopic (exact) mass is 203 g/mol. The van der Waals surface area contributed by atoms with Crippen molar-refractivity contribution in [1.29, 1.82) is 0 Å². The van der Waals surface area contributed by atoms with Gasteiger partial charge in [-0.1, -0.05) is 6.92 Å². The van der Waals surface area contributed by atoms with Crippen LogP contribution in [-0.4, -0.2) is 21.3 Å². The van der Waals surface area contributed by atoms with Gasteiger partial charge in [0.05, 0.1) is 0 Å². The van der Waals surface area contributed by atoms with Crippen LogP contribution in [0, 0.1) is 0 Å². The highest BCUT2D eigenvalue weighted by atomic mass is 35.5. The highest BCUT2D eigenvalue weighted by Gasteiger charge is 2.07. The van der Waals surface area contributed by atoms with Gasteiger partial charge < -0.3 is 10.8 Å². The molecule has 0 unspecified atom stereocenters. The summed E-state index contributed by atoms with van der Waals surface area (Å²) in [7, 11) is 0. The van der Waals surface area contributed by atoms with Crippen LogP contribution in [0.3, 0.4) is 0 Å². The molecule has 0 aliphatic carbocycles. The van der Waals surface area contributed by atoms with E-state index in [1.54, 1.807) is 0 Å². The normalized spacial score (nSPS) is 9.00. The minimum absolute atomic E-state index is 0. The zero-order valence-electron chi connectivity index (χ0n) is 7.02. The second-order valence-corrected chi connectivity index (χ2v) is 2.30. The summed E-state index contributed by atoms with van der Waals surface area (Å²) in [6.07, 6.45) is 0.654. The zero-order chi connectivity index (χ0) is 9.14. The van der Waals surface area contributed by atoms with E-state index >= 15 is 0 Å². The van der Waals surface area contributed by atoms with E-state index in [2.05, 4.69) is 10.2 Å². The Kier molecular flexibility index (Phi) is 4.13. The van der Waals surface area contributed by atoms with Crippen LogP contribution in [0.2, 0.25) is 0 Å². The van der Waals surface area contributed by atoms with E-state index in [-0.39, 0.29) is 18.1 Å². The lowest BCUT2D eigenvalue weighted by Crippen LogP contribution is -2.06. The molecule has 3 N–H and O–H groups in total. The van der Waals surface area contributed by atoms with Gasteiger partial charge in [0, 0.05) is 0 Å². The Morgan fingerprint density at radius 3 is 2.69 bits per heavy atom. The molecule has 1 heterocycles. The number of nitrogens with two attached hydrogens (primary N) is 1. The highest BCUT2D eigenvalue weighted by Crippen LogP contribution is 2.08. The minimum atomic E-state index is -1.09. The summed E-state index contributed by atoms with van der Waals surface area (Å²) in [4.78, 5) is 10.4. The number of anilines is 1. The Labute approximate surface area is 81.4 Å². The van der Waals surface area contributed by atoms with Gasteiger partial charge in [-0.05, 0) is 18.1 Å². The van der Waals surface area contributed by atoms with E-state index in [1.807, 2.05) is 6.92 Å². The first-order valence-electron chi connectivity index (χ1n) is 3.50. The Morgan fingerprint density at radius 1 is 1.62 bits per heavy atom. The van der Waals surface area contributed by atoms with Crippen molar-refractivity contribution in [3.05, 3.63) is 17.3 Å². The SMILES string of the molecule is CCc1cc(C(=O)O)nnc1N.Cl. The van der Waals surface area contributed by atoms with Gasteiger partial charge in [0.15, 0.2) is 5.69 Å². The van der Waals surface area contributed by atoms with Crippen molar-refractivity contribution < 1.29 is 9.90 Å². The molecule has 0 radical (unpaired) electrons. The number of nitrogen functional groups attached to an aromatic ring is 1. The van der Waals surface area contributed by atoms with Crippen LogP contribution < -0.4 is 5.73 Å². The Bertz CT molecular complexity index is 317. The second-order valence-electron chi connectivity index (χ2n) is 2.30. The van der Waals surface area contributed by atoms with E-state index in [0.717, 1.165) is 0 Å². The molecule has 1 rings (SSSR count). The lowest BCUT2D eigenvalue weighted by Gasteiger charge is -2.00. The number of aromatic carboxylic acids is 1. The maximum Gasteiger partial charge on any atom is 0.356 e. The average Bonchev–Trinajstić information content (AvgIpc) is 2.05. The van der Waals surface area contributed by atoms with Gasteiger partial charge in [0.1, 0.15) is 5.82 Å². The summed E-state index contributed by atoms with van der Waals surface area (Å²) in [6, 6.07) is 1.44. The van der Waals surface area contributed by atoms with Gasteiger partial charge in [0.25, 0.3) is 0 Å². The highest BCUT2D eigenvalue weighted by molar-refractivity contribution is 5.85. The van der Waals surface area contributed by atoms with Crippen LogP contribution in [0.15, 0.2) is 6.07 Å². The molecule has 0 aliphatic heterocycles. The fraction of sp³-hybridized carbons (Fsp3) is 0.286. The molecule has 72 valence electrons. The third kappa shape index (κ3) is 2.55. The molecule has 13 heavy (non-hydrogen) atoms. The number of carboxylic acid groups (broad SMARTS) is 1. The first-order chi connectivity index (χ1) is 5.65. The summed E-state index contributed by atoms with van der Waals surface area (Å²) < 4.78 is 0. The maximum absolute atomic E-state index is 10.4. The van der Waals surface area contributed by atoms with E-state index in [0.29, 0.717) is 17.8 Å². The third-order valence-electron chi connectivity index (χ3n) is 1.51. The summed E-state index contributed by atoms with van der Waals surface area (Å²) in [5.74, 6) is -0.792. The number of carboxylic acids is 1. The number of nitrogens with zero attached hydrogens (tertiary/aromatic N) is 2. The summed E-state index contributed by atoms with van der Waals surface area (Å²) in [6.45, 7) is 1.87. The largest absolute Gasteiger partial charge is 0.476 e. The molecule has 6 heteroatoms. The number of rotatable bonds is 2. The van der Waals surface area contributed by atoms with E-state index < -0.39 is 5.97 Å². The van der Waals surface area contributed by atoms with Crippen LogP contribution in [0.1, 0.15) is 23.0 Å². The van der Waals surface area contributed by atoms with Crippen molar-refractivity contribution in [1.82, 2.24) is 10.2 Å². The predicted molar refractivity (Wildman–Crippen MR) is 50.0 cm³/mol. The van der Waals surface area contributed by atoms with Crippen molar-refractivity contribution in [3.8, 4) is 0 Å². The summed E-state index contributed by atoms with van der Waals surface area (Å²) in [5, 5.41) is 15.5. The average molecular weight is 204 g/mol. The molecule has 1 aromatic rings. The quantitative estimate of drug-likeness (QED) is 0.740. The van der Waals surface area contributed by atoms with E-state index in [4.69, 9.17) is 10.8 Å². The van der Waals surface area contributed by atoms with E-state index in [9.17, 15) is 4.79 Å². The number of hydrogen-bond acceptors (Lipinski definition) is 4. The van der Waals surface area contributed by atoms with Crippen LogP contribution in [-0.2, 0) is 6.42 Å². The molecule has 0 aliphatic rings. The zero-order valence-corrected chi connectivity index (χ0v) is 7.84. The summed E-state index contributed by atoms with van der Waals surface area (Å²) >= 11 is 0. The minimum Gasteiger partial charge on any atom is -0.476 e. The van der Waals surface area contributed by atoms with Gasteiger partial charge in [-0.25, -0.2) is 4.79 Å². The topological polar surface area (TPSA) is 89.1 Å². The number of carbonyl (C=O) groups is 1. The van der Waals surface area contributed by atoms with Crippen molar-refractivity contribution in [2.24, 2.45) is 0 Å². The molecule has 0 atom stereocenters. The fourth-order valence-corrected chi connectivity index (χ4v) is 0.827. The van der Waals surface area contributed by atoms with Gasteiger partial charge in [-0.2, -0.15) is 0 Å². The summed E-state index contributed by atoms with van der Waals surface area (Å²) in [5.41, 5.74) is 6.08. The molecule has 0 bridgehead atoms. The molecule has 0 amide bonds. The Hall–Kier alpha value is -1.36. The maximum atomic E-state index is 10.4. The first-order valence-corrected chi connectivity index (χ1v) is 3.50. The first kappa shape index (κ1) is 11.6. The van der Waals surface area contributed by atoms with Crippen molar-refractivity contribution in [2.75, 3.05) is 5.73 Å². The van der Waals surface area contributed by atoms with Crippen LogP contribution in [0.4, 0.5) is 5.82 Å². The molecule has 0 fully saturated rings. The van der Waals surface area contributed by atoms with Gasteiger partial charge >= 0.3 is 5.97 Å². The molecular weight excluding hydrogens is 194 g/mol. The van der Waals surface area contributed by atoms with Crippen LogP contribution in [0.25, 0.3) is 0 Å². The van der Waals surface area contributed by atoms with E-state index in [1.165, 1.54) is 6.07 Å². The lowest BCUT2D eigenvalue weighted by atomic mass is 10.2. The number of aromatic nitrogens is 2. The fourth-order valence-electron chi connectivity index (χ4n) is 0.827. The Balaban J connectivity index is 0.00000144. The predicted octanol–water partition coefficient (Wildman–Crippen LogP) is 0.741. The molecular formula is C7H10ClN3O2. The van der Waals surface area contributed by atoms with Crippen molar-refractivity contribution >= 4 is 24.2 Å². The Morgan fingerprint density at radius 2 is 2.23 bits per heavy atom. The lowest BCUT2D eigenvalue weighted by molar-refractivity contribution is 0.0689. The molecule has 0 saturated heterocycles. The van der Waals surface area contributed by atoms with Gasteiger partial charge in [-0.3, -0.25) is 0 Å². The number of halogens is 1. The number of aryl methyl sites for hydroxylation is 1. The van der Waals surface area contributed by atoms with Crippen LogP contribution >= 0.6 is 12.4 Å². The molecule has 1 aromatic heterocycles. The third-order valence-corrected chi connectivity index (χ3v) is 1.51. The molecule has 5 nitrogen and oxygen atoms in total. The van der Waals surface area contributed by atoms with Crippen molar-refractivity contribution in [3.63, 3.8) is 0 Å². The molecule has 0 aromatic carbocycles. The molecule has 0 spiro atoms. The van der Waals surface area contributed by atoms with Gasteiger partial charge in [-0.15, -0.1) is 22.6 Å². The number of hydrogen-bond donors (Lipinski definition) is 2. The standard InChI is InChI=1S/C7H9N3O2.ClH/c1-2-4-3-5(7(11)12)9-10-6(4)8;/h3H,2H2,1H3,(H2,8,10)(H,11,12);1H. The van der Waals surface area contributed by atoms with Crippen molar-refractivity contribution in [2.45, 2.75) is 13.3 Å². The van der Waals surface area contributed by atoms with Gasteiger partial charge in [0.2, 0.25) is 0 Å². The second kappa shape index (κ2) is 4.61. The van der Waals surface area contributed by atoms with Crippen LogP contribution in [0.5, 0.6) is 0 Å². The molecule has 0 saturated carbocycles. The smallest absolute Gasteiger partial charge is 0.356 e.